The number of carbonyl (C=O) groups excluding carboxylic acids is 1. The lowest BCUT2D eigenvalue weighted by Crippen LogP contribution is -2.27. The molecular formula is C17H23N5O2. The van der Waals surface area contributed by atoms with Crippen LogP contribution in [-0.4, -0.2) is 47.1 Å². The molecule has 0 aliphatic carbocycles. The molecule has 0 radical (unpaired) electrons. The molecule has 0 aliphatic rings. The van der Waals surface area contributed by atoms with Crippen molar-refractivity contribution in [3.8, 4) is 0 Å². The van der Waals surface area contributed by atoms with Gasteiger partial charge in [-0.05, 0) is 43.4 Å². The van der Waals surface area contributed by atoms with Crippen LogP contribution in [0, 0.1) is 0 Å². The van der Waals surface area contributed by atoms with E-state index in [0.717, 1.165) is 25.3 Å². The van der Waals surface area contributed by atoms with Gasteiger partial charge in [0.15, 0.2) is 0 Å². The van der Waals surface area contributed by atoms with Crippen LogP contribution in [0.25, 0.3) is 0 Å². The average Bonchev–Trinajstić information content (AvgIpc) is 2.59. The lowest BCUT2D eigenvalue weighted by Gasteiger charge is -2.17. The minimum Gasteiger partial charge on any atom is -0.461 e. The summed E-state index contributed by atoms with van der Waals surface area (Å²) in [5.41, 5.74) is 6.85. The van der Waals surface area contributed by atoms with Crippen molar-refractivity contribution in [1.29, 1.82) is 0 Å². The van der Waals surface area contributed by atoms with E-state index in [9.17, 15) is 4.79 Å². The van der Waals surface area contributed by atoms with E-state index in [-0.39, 0.29) is 11.9 Å². The first-order valence-electron chi connectivity index (χ1n) is 7.97. The van der Waals surface area contributed by atoms with Crippen LogP contribution in [0.3, 0.4) is 0 Å². The number of likely N-dealkylation sites (N-methyl/N-ethyl adjacent to an activating group) is 1. The van der Waals surface area contributed by atoms with Crippen molar-refractivity contribution in [2.75, 3.05) is 37.3 Å². The van der Waals surface area contributed by atoms with Crippen LogP contribution < -0.4 is 11.1 Å². The van der Waals surface area contributed by atoms with Gasteiger partial charge in [-0.1, -0.05) is 13.8 Å². The van der Waals surface area contributed by atoms with Crippen molar-refractivity contribution >= 4 is 23.4 Å². The first-order chi connectivity index (χ1) is 11.6. The Labute approximate surface area is 141 Å². The number of nitrogens with zero attached hydrogens (tertiary/aromatic N) is 3. The van der Waals surface area contributed by atoms with Crippen LogP contribution in [0.1, 0.15) is 24.2 Å². The lowest BCUT2D eigenvalue weighted by atomic mass is 10.2. The van der Waals surface area contributed by atoms with Gasteiger partial charge in [0.1, 0.15) is 12.4 Å². The molecule has 0 spiro atoms. The highest BCUT2D eigenvalue weighted by Gasteiger charge is 2.08. The van der Waals surface area contributed by atoms with Gasteiger partial charge in [-0.15, -0.1) is 0 Å². The zero-order chi connectivity index (χ0) is 17.4. The number of nitrogen functional groups attached to an aromatic ring is 1. The van der Waals surface area contributed by atoms with Gasteiger partial charge in [-0.25, -0.2) is 9.78 Å². The maximum absolute atomic E-state index is 12.0. The van der Waals surface area contributed by atoms with E-state index in [2.05, 4.69) is 34.0 Å². The monoisotopic (exact) mass is 329 g/mol. The second-order valence-corrected chi connectivity index (χ2v) is 5.17. The quantitative estimate of drug-likeness (QED) is 0.718. The standard InChI is InChI=1S/C17H23N5O2/c1-3-22(4-2)11-12-24-16(23)13-5-7-14(8-6-13)20-15-9-10-19-17(18)21-15/h5-10H,3-4,11-12H2,1-2H3,(H3,18,19,20,21). The molecule has 7 nitrogen and oxygen atoms in total. The second kappa shape index (κ2) is 8.83. The first kappa shape index (κ1) is 17.7. The van der Waals surface area contributed by atoms with Gasteiger partial charge in [0.05, 0.1) is 5.56 Å². The van der Waals surface area contributed by atoms with Crippen LogP contribution >= 0.6 is 0 Å². The fourth-order valence-corrected chi connectivity index (χ4v) is 2.17. The largest absolute Gasteiger partial charge is 0.461 e. The van der Waals surface area contributed by atoms with Crippen LogP contribution in [0.4, 0.5) is 17.5 Å². The molecule has 1 heterocycles. The molecule has 24 heavy (non-hydrogen) atoms. The summed E-state index contributed by atoms with van der Waals surface area (Å²) >= 11 is 0. The van der Waals surface area contributed by atoms with Gasteiger partial charge in [-0.2, -0.15) is 4.98 Å². The number of hydrogen-bond acceptors (Lipinski definition) is 7. The topological polar surface area (TPSA) is 93.4 Å². The number of ether oxygens (including phenoxy) is 1. The molecule has 3 N–H and O–H groups in total. The summed E-state index contributed by atoms with van der Waals surface area (Å²) in [5.74, 6) is 0.477. The summed E-state index contributed by atoms with van der Waals surface area (Å²) in [6, 6.07) is 8.73. The van der Waals surface area contributed by atoms with Crippen LogP contribution in [0.15, 0.2) is 36.5 Å². The molecule has 0 unspecified atom stereocenters. The molecule has 7 heteroatoms. The smallest absolute Gasteiger partial charge is 0.338 e. The molecule has 1 aromatic heterocycles. The molecule has 0 fully saturated rings. The van der Waals surface area contributed by atoms with Gasteiger partial charge < -0.3 is 20.7 Å². The van der Waals surface area contributed by atoms with E-state index in [0.29, 0.717) is 18.0 Å². The maximum atomic E-state index is 12.0. The fraction of sp³-hybridized carbons (Fsp3) is 0.353. The summed E-state index contributed by atoms with van der Waals surface area (Å²) in [4.78, 5) is 22.1. The third-order valence-corrected chi connectivity index (χ3v) is 3.60. The summed E-state index contributed by atoms with van der Waals surface area (Å²) in [6.07, 6.45) is 1.58. The zero-order valence-corrected chi connectivity index (χ0v) is 14.0. The van der Waals surface area contributed by atoms with Crippen molar-refractivity contribution in [2.45, 2.75) is 13.8 Å². The minimum absolute atomic E-state index is 0.202. The molecule has 0 amide bonds. The Hall–Kier alpha value is -2.67. The molecule has 128 valence electrons. The van der Waals surface area contributed by atoms with Gasteiger partial charge in [0, 0.05) is 18.4 Å². The van der Waals surface area contributed by atoms with Gasteiger partial charge in [0.2, 0.25) is 5.95 Å². The lowest BCUT2D eigenvalue weighted by molar-refractivity contribution is 0.0466. The van der Waals surface area contributed by atoms with Gasteiger partial charge in [-0.3, -0.25) is 0 Å². The molecule has 0 aliphatic heterocycles. The molecule has 1 aromatic carbocycles. The van der Waals surface area contributed by atoms with Crippen LogP contribution in [0.5, 0.6) is 0 Å². The Bertz CT molecular complexity index is 656. The van der Waals surface area contributed by atoms with Crippen LogP contribution in [-0.2, 0) is 4.74 Å². The summed E-state index contributed by atoms with van der Waals surface area (Å²) in [6.45, 7) is 7.20. The summed E-state index contributed by atoms with van der Waals surface area (Å²) < 4.78 is 5.30. The number of nitrogens with one attached hydrogen (secondary N) is 1. The van der Waals surface area contributed by atoms with Crippen molar-refractivity contribution < 1.29 is 9.53 Å². The predicted octanol–water partition coefficient (Wildman–Crippen LogP) is 2.30. The van der Waals surface area contributed by atoms with E-state index in [1.54, 1.807) is 36.5 Å². The highest BCUT2D eigenvalue weighted by atomic mass is 16.5. The van der Waals surface area contributed by atoms with E-state index in [1.807, 2.05) is 0 Å². The second-order valence-electron chi connectivity index (χ2n) is 5.17. The third kappa shape index (κ3) is 5.20. The number of rotatable bonds is 8. The average molecular weight is 329 g/mol. The summed E-state index contributed by atoms with van der Waals surface area (Å²) in [5, 5.41) is 3.09. The number of hydrogen-bond donors (Lipinski definition) is 2. The molecular weight excluding hydrogens is 306 g/mol. The third-order valence-electron chi connectivity index (χ3n) is 3.60. The number of esters is 1. The van der Waals surface area contributed by atoms with E-state index in [4.69, 9.17) is 10.5 Å². The number of anilines is 3. The van der Waals surface area contributed by atoms with Gasteiger partial charge >= 0.3 is 5.97 Å². The number of benzene rings is 1. The van der Waals surface area contributed by atoms with E-state index < -0.39 is 0 Å². The van der Waals surface area contributed by atoms with Crippen LogP contribution in [0.2, 0.25) is 0 Å². The normalized spacial score (nSPS) is 10.6. The Morgan fingerprint density at radius 2 is 1.92 bits per heavy atom. The summed E-state index contributed by atoms with van der Waals surface area (Å²) in [7, 11) is 0. The molecule has 2 aromatic rings. The number of carbonyl (C=O) groups is 1. The predicted molar refractivity (Wildman–Crippen MR) is 94.2 cm³/mol. The Morgan fingerprint density at radius 1 is 1.21 bits per heavy atom. The molecule has 0 atom stereocenters. The van der Waals surface area contributed by atoms with E-state index in [1.165, 1.54) is 0 Å². The highest BCUT2D eigenvalue weighted by molar-refractivity contribution is 5.89. The Morgan fingerprint density at radius 3 is 2.54 bits per heavy atom. The number of nitrogens with two attached hydrogens (primary N) is 1. The minimum atomic E-state index is -0.319. The maximum Gasteiger partial charge on any atom is 0.338 e. The Kier molecular flexibility index (Phi) is 6.51. The van der Waals surface area contributed by atoms with Crippen molar-refractivity contribution in [2.24, 2.45) is 0 Å². The van der Waals surface area contributed by atoms with Crippen molar-refractivity contribution in [1.82, 2.24) is 14.9 Å². The zero-order valence-electron chi connectivity index (χ0n) is 14.0. The Balaban J connectivity index is 1.88. The van der Waals surface area contributed by atoms with E-state index >= 15 is 0 Å². The first-order valence-corrected chi connectivity index (χ1v) is 7.97. The van der Waals surface area contributed by atoms with Crippen molar-refractivity contribution in [3.05, 3.63) is 42.1 Å². The molecule has 0 bridgehead atoms. The molecule has 2 rings (SSSR count). The molecule has 0 saturated heterocycles. The highest BCUT2D eigenvalue weighted by Crippen LogP contribution is 2.15. The van der Waals surface area contributed by atoms with Gasteiger partial charge in [0.25, 0.3) is 0 Å². The molecule has 0 saturated carbocycles. The van der Waals surface area contributed by atoms with Crippen molar-refractivity contribution in [3.63, 3.8) is 0 Å². The SMILES string of the molecule is CCN(CC)CCOC(=O)c1ccc(Nc2ccnc(N)n2)cc1. The number of aromatic nitrogens is 2. The fourth-order valence-electron chi connectivity index (χ4n) is 2.17.